The van der Waals surface area contributed by atoms with Gasteiger partial charge in [0.15, 0.2) is 6.61 Å². The van der Waals surface area contributed by atoms with E-state index in [1.807, 2.05) is 35.2 Å². The van der Waals surface area contributed by atoms with E-state index in [1.165, 1.54) is 5.56 Å². The molecule has 5 nitrogen and oxygen atoms in total. The van der Waals surface area contributed by atoms with E-state index in [2.05, 4.69) is 42.3 Å². The largest absolute Gasteiger partial charge is 0.484 e. The van der Waals surface area contributed by atoms with Gasteiger partial charge in [-0.2, -0.15) is 0 Å². The Balaban J connectivity index is 1.27. The van der Waals surface area contributed by atoms with Gasteiger partial charge in [-0.15, -0.1) is 0 Å². The first-order valence-corrected chi connectivity index (χ1v) is 11.0. The molecule has 1 spiro atoms. The normalized spacial score (nSPS) is 21.0. The molecule has 0 bridgehead atoms. The van der Waals surface area contributed by atoms with E-state index >= 15 is 0 Å². The summed E-state index contributed by atoms with van der Waals surface area (Å²) < 4.78 is 11.9. The summed E-state index contributed by atoms with van der Waals surface area (Å²) in [5, 5.41) is 0. The highest BCUT2D eigenvalue weighted by atomic mass is 16.5. The fourth-order valence-electron chi connectivity index (χ4n) is 4.64. The minimum absolute atomic E-state index is 0.0576. The molecule has 0 saturated carbocycles. The fraction of sp³-hybridized carbons (Fsp3) is 0.480. The van der Waals surface area contributed by atoms with Crippen LogP contribution in [0, 0.1) is 0 Å². The van der Waals surface area contributed by atoms with E-state index in [1.54, 1.807) is 0 Å². The van der Waals surface area contributed by atoms with Crippen molar-refractivity contribution in [1.29, 1.82) is 0 Å². The van der Waals surface area contributed by atoms with Crippen molar-refractivity contribution in [2.24, 2.45) is 0 Å². The van der Waals surface area contributed by atoms with Crippen LogP contribution in [-0.4, -0.2) is 60.7 Å². The Morgan fingerprint density at radius 3 is 2.47 bits per heavy atom. The third-order valence-electron chi connectivity index (χ3n) is 6.50. The zero-order valence-electron chi connectivity index (χ0n) is 17.8. The van der Waals surface area contributed by atoms with Gasteiger partial charge >= 0.3 is 0 Å². The van der Waals surface area contributed by atoms with E-state index in [4.69, 9.17) is 9.47 Å². The Bertz CT molecular complexity index is 804. The van der Waals surface area contributed by atoms with E-state index in [0.29, 0.717) is 6.04 Å². The second-order valence-corrected chi connectivity index (χ2v) is 8.56. The second-order valence-electron chi connectivity index (χ2n) is 8.56. The van der Waals surface area contributed by atoms with Crippen LogP contribution in [0.25, 0.3) is 0 Å². The first-order valence-electron chi connectivity index (χ1n) is 11.0. The molecule has 2 aliphatic rings. The first kappa shape index (κ1) is 20.9. The number of para-hydroxylation sites is 1. The fourth-order valence-corrected chi connectivity index (χ4v) is 4.64. The number of rotatable bonds is 6. The zero-order chi connectivity index (χ0) is 20.8. The van der Waals surface area contributed by atoms with Gasteiger partial charge in [0.05, 0.1) is 5.60 Å². The molecule has 0 aromatic heterocycles. The maximum absolute atomic E-state index is 12.6. The van der Waals surface area contributed by atoms with Crippen molar-refractivity contribution in [3.63, 3.8) is 0 Å². The lowest BCUT2D eigenvalue weighted by atomic mass is 9.82. The topological polar surface area (TPSA) is 42.0 Å². The molecular formula is C25H32N2O3. The van der Waals surface area contributed by atoms with Crippen LogP contribution in [-0.2, 0) is 16.1 Å². The van der Waals surface area contributed by atoms with Gasteiger partial charge in [0, 0.05) is 32.3 Å². The SMILES string of the molecule is CN(Cc1ccccc1)C1CCOC2(CCN(C(=O)COc3ccccc3)CC2)C1. The molecule has 2 fully saturated rings. The van der Waals surface area contributed by atoms with Crippen LogP contribution < -0.4 is 4.74 Å². The Morgan fingerprint density at radius 1 is 1.10 bits per heavy atom. The Hall–Kier alpha value is -2.37. The Kier molecular flexibility index (Phi) is 6.70. The summed E-state index contributed by atoms with van der Waals surface area (Å²) in [7, 11) is 2.22. The third-order valence-corrected chi connectivity index (χ3v) is 6.50. The number of carbonyl (C=O) groups excluding carboxylic acids is 1. The summed E-state index contributed by atoms with van der Waals surface area (Å²) >= 11 is 0. The molecule has 30 heavy (non-hydrogen) atoms. The average Bonchev–Trinajstić information content (AvgIpc) is 2.79. The van der Waals surface area contributed by atoms with Crippen molar-refractivity contribution in [1.82, 2.24) is 9.80 Å². The summed E-state index contributed by atoms with van der Waals surface area (Å²) in [5.74, 6) is 0.793. The molecule has 1 amide bonds. The highest BCUT2D eigenvalue weighted by Gasteiger charge is 2.42. The lowest BCUT2D eigenvalue weighted by molar-refractivity contribution is -0.150. The monoisotopic (exact) mass is 408 g/mol. The van der Waals surface area contributed by atoms with E-state index in [9.17, 15) is 4.79 Å². The lowest BCUT2D eigenvalue weighted by Gasteiger charge is -2.48. The highest BCUT2D eigenvalue weighted by Crippen LogP contribution is 2.36. The van der Waals surface area contributed by atoms with E-state index in [-0.39, 0.29) is 18.1 Å². The van der Waals surface area contributed by atoms with Crippen LogP contribution in [0.1, 0.15) is 31.2 Å². The van der Waals surface area contributed by atoms with Crippen molar-refractivity contribution in [2.75, 3.05) is 33.4 Å². The molecule has 2 saturated heterocycles. The summed E-state index contributed by atoms with van der Waals surface area (Å²) in [4.78, 5) is 17.0. The molecular weight excluding hydrogens is 376 g/mol. The maximum atomic E-state index is 12.6. The van der Waals surface area contributed by atoms with Gasteiger partial charge in [0.1, 0.15) is 5.75 Å². The summed E-state index contributed by atoms with van der Waals surface area (Å²) in [6.45, 7) is 3.34. The molecule has 0 aliphatic carbocycles. The number of amides is 1. The smallest absolute Gasteiger partial charge is 0.260 e. The van der Waals surface area contributed by atoms with E-state index in [0.717, 1.165) is 57.7 Å². The Morgan fingerprint density at radius 2 is 1.77 bits per heavy atom. The number of ether oxygens (including phenoxy) is 2. The number of hydrogen-bond acceptors (Lipinski definition) is 4. The molecule has 4 rings (SSSR count). The highest BCUT2D eigenvalue weighted by molar-refractivity contribution is 5.77. The van der Waals surface area contributed by atoms with Gasteiger partial charge in [-0.3, -0.25) is 9.69 Å². The lowest BCUT2D eigenvalue weighted by Crippen LogP contribution is -2.54. The molecule has 0 radical (unpaired) electrons. The quantitative estimate of drug-likeness (QED) is 0.730. The standard InChI is InChI=1S/C25H32N2O3/c1-26(19-21-8-4-2-5-9-21)22-12-17-30-25(18-22)13-15-27(16-14-25)24(28)20-29-23-10-6-3-7-11-23/h2-11,22H,12-20H2,1H3. The van der Waals surface area contributed by atoms with Crippen LogP contribution in [0.4, 0.5) is 0 Å². The molecule has 2 aromatic carbocycles. The zero-order valence-corrected chi connectivity index (χ0v) is 17.8. The molecule has 1 atom stereocenters. The molecule has 0 N–H and O–H groups in total. The predicted octanol–water partition coefficient (Wildman–Crippen LogP) is 3.74. The number of piperidine rings is 1. The summed E-state index contributed by atoms with van der Waals surface area (Å²) in [6, 6.07) is 20.7. The summed E-state index contributed by atoms with van der Waals surface area (Å²) in [6.07, 6.45) is 3.91. The number of nitrogens with zero attached hydrogens (tertiary/aromatic N) is 2. The van der Waals surface area contributed by atoms with Gasteiger partial charge in [-0.25, -0.2) is 0 Å². The van der Waals surface area contributed by atoms with Gasteiger partial charge in [0.25, 0.3) is 5.91 Å². The van der Waals surface area contributed by atoms with Gasteiger partial charge in [-0.1, -0.05) is 48.5 Å². The van der Waals surface area contributed by atoms with Gasteiger partial charge in [0.2, 0.25) is 0 Å². The number of benzene rings is 2. The molecule has 2 aliphatic heterocycles. The average molecular weight is 409 g/mol. The minimum atomic E-state index is -0.0923. The predicted molar refractivity (Wildman–Crippen MR) is 117 cm³/mol. The molecule has 1 unspecified atom stereocenters. The Labute approximate surface area is 179 Å². The third kappa shape index (κ3) is 5.21. The van der Waals surface area contributed by atoms with Crippen molar-refractivity contribution in [3.05, 3.63) is 66.2 Å². The van der Waals surface area contributed by atoms with Gasteiger partial charge in [-0.05, 0) is 50.4 Å². The van der Waals surface area contributed by atoms with Crippen molar-refractivity contribution in [2.45, 2.75) is 43.9 Å². The molecule has 5 heteroatoms. The molecule has 2 heterocycles. The van der Waals surface area contributed by atoms with Gasteiger partial charge < -0.3 is 14.4 Å². The first-order chi connectivity index (χ1) is 14.6. The van der Waals surface area contributed by atoms with Crippen LogP contribution in [0.2, 0.25) is 0 Å². The summed E-state index contributed by atoms with van der Waals surface area (Å²) in [5.41, 5.74) is 1.25. The van der Waals surface area contributed by atoms with Crippen LogP contribution >= 0.6 is 0 Å². The molecule has 2 aromatic rings. The molecule has 160 valence electrons. The minimum Gasteiger partial charge on any atom is -0.484 e. The number of carbonyl (C=O) groups is 1. The van der Waals surface area contributed by atoms with E-state index < -0.39 is 0 Å². The second kappa shape index (κ2) is 9.63. The van der Waals surface area contributed by atoms with Crippen molar-refractivity contribution < 1.29 is 14.3 Å². The number of likely N-dealkylation sites (tertiary alicyclic amines) is 1. The van der Waals surface area contributed by atoms with Crippen LogP contribution in [0.5, 0.6) is 5.75 Å². The van der Waals surface area contributed by atoms with Crippen LogP contribution in [0.15, 0.2) is 60.7 Å². The van der Waals surface area contributed by atoms with Crippen LogP contribution in [0.3, 0.4) is 0 Å². The van der Waals surface area contributed by atoms with Crippen molar-refractivity contribution >= 4 is 5.91 Å². The maximum Gasteiger partial charge on any atom is 0.260 e. The van der Waals surface area contributed by atoms with Crippen molar-refractivity contribution in [3.8, 4) is 5.75 Å². The number of hydrogen-bond donors (Lipinski definition) is 0.